The smallest absolute Gasteiger partial charge is 0.339 e. The predicted octanol–water partition coefficient (Wildman–Crippen LogP) is 9.52. The van der Waals surface area contributed by atoms with Crippen LogP contribution in [0.4, 0.5) is 0 Å². The number of unbranched alkanes of at least 4 members (excludes halogenated alkanes) is 15. The van der Waals surface area contributed by atoms with Crippen LogP contribution in [0.2, 0.25) is 5.02 Å². The number of esters is 1. The minimum absolute atomic E-state index is 0.330. The zero-order valence-electron chi connectivity index (χ0n) is 18.3. The number of carbonyl (C=O) groups is 1. The van der Waals surface area contributed by atoms with Crippen molar-refractivity contribution in [1.29, 1.82) is 0 Å². The number of hydrogen-bond acceptors (Lipinski definition) is 2. The maximum Gasteiger partial charge on any atom is 0.339 e. The molecule has 0 amide bonds. The summed E-state index contributed by atoms with van der Waals surface area (Å²) < 4.78 is 6.19. The maximum atomic E-state index is 12.0. The highest BCUT2D eigenvalue weighted by atomic mass is 79.9. The third-order valence-electron chi connectivity index (χ3n) is 5.38. The summed E-state index contributed by atoms with van der Waals surface area (Å²) in [6.07, 6.45) is 21.4. The van der Waals surface area contributed by atoms with Crippen molar-refractivity contribution in [3.63, 3.8) is 0 Å². The van der Waals surface area contributed by atoms with E-state index in [1.54, 1.807) is 18.2 Å². The van der Waals surface area contributed by atoms with Gasteiger partial charge in [0.15, 0.2) is 0 Å². The average Bonchev–Trinajstić information content (AvgIpc) is 2.70. The van der Waals surface area contributed by atoms with Gasteiger partial charge in [0, 0.05) is 4.47 Å². The molecule has 2 nitrogen and oxygen atoms in total. The van der Waals surface area contributed by atoms with Gasteiger partial charge in [0.2, 0.25) is 0 Å². The Hall–Kier alpha value is -0.540. The number of hydrogen-bond donors (Lipinski definition) is 0. The number of carbonyl (C=O) groups excluding carboxylic acids is 1. The second-order valence-corrected chi connectivity index (χ2v) is 9.39. The SMILES string of the molecule is CCCCCCCCCCCCCCCCCCOC(=O)c1ccc(Br)cc1Cl. The van der Waals surface area contributed by atoms with Crippen LogP contribution in [-0.2, 0) is 4.74 Å². The van der Waals surface area contributed by atoms with E-state index in [1.807, 2.05) is 0 Å². The first-order valence-electron chi connectivity index (χ1n) is 11.8. The maximum absolute atomic E-state index is 12.0. The molecule has 1 aromatic rings. The van der Waals surface area contributed by atoms with Crippen LogP contribution in [0.1, 0.15) is 120 Å². The number of benzene rings is 1. The van der Waals surface area contributed by atoms with E-state index in [0.29, 0.717) is 17.2 Å². The third kappa shape index (κ3) is 14.2. The molecular formula is C25H40BrClO2. The highest BCUT2D eigenvalue weighted by Crippen LogP contribution is 2.22. The van der Waals surface area contributed by atoms with E-state index < -0.39 is 0 Å². The Morgan fingerprint density at radius 3 is 1.69 bits per heavy atom. The molecule has 0 bridgehead atoms. The van der Waals surface area contributed by atoms with E-state index in [0.717, 1.165) is 17.3 Å². The molecule has 1 rings (SSSR count). The van der Waals surface area contributed by atoms with Crippen molar-refractivity contribution in [3.05, 3.63) is 33.3 Å². The molecule has 0 heterocycles. The van der Waals surface area contributed by atoms with Crippen LogP contribution in [-0.4, -0.2) is 12.6 Å². The molecule has 1 aromatic carbocycles. The minimum Gasteiger partial charge on any atom is -0.462 e. The van der Waals surface area contributed by atoms with Crippen molar-refractivity contribution in [3.8, 4) is 0 Å². The first kappa shape index (κ1) is 26.5. The van der Waals surface area contributed by atoms with Gasteiger partial charge in [0.1, 0.15) is 0 Å². The molecule has 0 aliphatic heterocycles. The molecule has 0 fully saturated rings. The molecule has 29 heavy (non-hydrogen) atoms. The predicted molar refractivity (Wildman–Crippen MR) is 129 cm³/mol. The topological polar surface area (TPSA) is 26.3 Å². The highest BCUT2D eigenvalue weighted by molar-refractivity contribution is 9.10. The lowest BCUT2D eigenvalue weighted by atomic mass is 10.0. The fourth-order valence-corrected chi connectivity index (χ4v) is 4.30. The van der Waals surface area contributed by atoms with Crippen LogP contribution >= 0.6 is 27.5 Å². The second kappa shape index (κ2) is 18.2. The Balaban J connectivity index is 1.84. The zero-order chi connectivity index (χ0) is 21.2. The van der Waals surface area contributed by atoms with Gasteiger partial charge in [-0.05, 0) is 24.6 Å². The summed E-state index contributed by atoms with van der Waals surface area (Å²) in [5.41, 5.74) is 0.436. The quantitative estimate of drug-likeness (QED) is 0.152. The van der Waals surface area contributed by atoms with E-state index >= 15 is 0 Å². The van der Waals surface area contributed by atoms with Gasteiger partial charge in [-0.2, -0.15) is 0 Å². The van der Waals surface area contributed by atoms with Crippen LogP contribution in [0.3, 0.4) is 0 Å². The Morgan fingerprint density at radius 1 is 0.793 bits per heavy atom. The summed E-state index contributed by atoms with van der Waals surface area (Å²) in [4.78, 5) is 12.0. The molecular weight excluding hydrogens is 448 g/mol. The van der Waals surface area contributed by atoms with Crippen molar-refractivity contribution < 1.29 is 9.53 Å². The van der Waals surface area contributed by atoms with Crippen LogP contribution in [0, 0.1) is 0 Å². The fourth-order valence-electron chi connectivity index (χ4n) is 3.55. The van der Waals surface area contributed by atoms with Crippen LogP contribution < -0.4 is 0 Å². The van der Waals surface area contributed by atoms with Crippen molar-refractivity contribution in [1.82, 2.24) is 0 Å². The molecule has 0 aliphatic rings. The van der Waals surface area contributed by atoms with Crippen molar-refractivity contribution in [2.24, 2.45) is 0 Å². The van der Waals surface area contributed by atoms with Gasteiger partial charge in [-0.1, -0.05) is 131 Å². The van der Waals surface area contributed by atoms with Crippen molar-refractivity contribution in [2.45, 2.75) is 110 Å². The summed E-state index contributed by atoms with van der Waals surface area (Å²) in [6.45, 7) is 2.75. The van der Waals surface area contributed by atoms with Gasteiger partial charge in [-0.15, -0.1) is 0 Å². The van der Waals surface area contributed by atoms with E-state index in [9.17, 15) is 4.79 Å². The molecule has 0 spiro atoms. The summed E-state index contributed by atoms with van der Waals surface area (Å²) >= 11 is 9.41. The lowest BCUT2D eigenvalue weighted by molar-refractivity contribution is 0.0498. The molecule has 0 N–H and O–H groups in total. The van der Waals surface area contributed by atoms with Gasteiger partial charge >= 0.3 is 5.97 Å². The van der Waals surface area contributed by atoms with Gasteiger partial charge < -0.3 is 4.74 Å². The van der Waals surface area contributed by atoms with Crippen LogP contribution in [0.15, 0.2) is 22.7 Å². The largest absolute Gasteiger partial charge is 0.462 e. The number of ether oxygens (including phenoxy) is 1. The molecule has 0 atom stereocenters. The number of halogens is 2. The average molecular weight is 488 g/mol. The van der Waals surface area contributed by atoms with E-state index in [4.69, 9.17) is 16.3 Å². The molecule has 166 valence electrons. The first-order valence-corrected chi connectivity index (χ1v) is 12.9. The Labute approximate surface area is 192 Å². The molecule has 0 aromatic heterocycles. The van der Waals surface area contributed by atoms with Crippen LogP contribution in [0.5, 0.6) is 0 Å². The molecule has 0 aliphatic carbocycles. The second-order valence-electron chi connectivity index (χ2n) is 8.06. The first-order chi connectivity index (χ1) is 14.1. The Kier molecular flexibility index (Phi) is 16.7. The van der Waals surface area contributed by atoms with E-state index in [2.05, 4.69) is 22.9 Å². The van der Waals surface area contributed by atoms with Gasteiger partial charge in [-0.3, -0.25) is 0 Å². The highest BCUT2D eigenvalue weighted by Gasteiger charge is 2.11. The molecule has 0 saturated heterocycles. The summed E-state index contributed by atoms with van der Waals surface area (Å²) in [5, 5.41) is 0.427. The minimum atomic E-state index is -0.330. The third-order valence-corrected chi connectivity index (χ3v) is 6.19. The number of rotatable bonds is 18. The van der Waals surface area contributed by atoms with Gasteiger partial charge in [0.25, 0.3) is 0 Å². The lowest BCUT2D eigenvalue weighted by Gasteiger charge is -2.07. The van der Waals surface area contributed by atoms with Gasteiger partial charge in [0.05, 0.1) is 17.2 Å². The molecule has 0 radical (unpaired) electrons. The monoisotopic (exact) mass is 486 g/mol. The standard InChI is InChI=1S/C25H40BrClO2/c1-2-3-4-5-6-7-8-9-10-11-12-13-14-15-16-17-20-29-25(28)23-19-18-22(26)21-24(23)27/h18-19,21H,2-17,20H2,1H3. The molecule has 4 heteroatoms. The molecule has 0 unspecified atom stereocenters. The van der Waals surface area contributed by atoms with E-state index in [-0.39, 0.29) is 5.97 Å². The van der Waals surface area contributed by atoms with Crippen molar-refractivity contribution >= 4 is 33.5 Å². The summed E-state index contributed by atoms with van der Waals surface area (Å²) in [6, 6.07) is 5.21. The van der Waals surface area contributed by atoms with Crippen molar-refractivity contribution in [2.75, 3.05) is 6.61 Å². The summed E-state index contributed by atoms with van der Waals surface area (Å²) in [5.74, 6) is -0.330. The Morgan fingerprint density at radius 2 is 1.24 bits per heavy atom. The fraction of sp³-hybridized carbons (Fsp3) is 0.720. The summed E-state index contributed by atoms with van der Waals surface area (Å²) in [7, 11) is 0. The lowest BCUT2D eigenvalue weighted by Crippen LogP contribution is -2.07. The van der Waals surface area contributed by atoms with Crippen LogP contribution in [0.25, 0.3) is 0 Å². The Bertz CT molecular complexity index is 548. The normalized spacial score (nSPS) is 11.0. The zero-order valence-corrected chi connectivity index (χ0v) is 20.7. The van der Waals surface area contributed by atoms with Gasteiger partial charge in [-0.25, -0.2) is 4.79 Å². The molecule has 0 saturated carbocycles. The van der Waals surface area contributed by atoms with E-state index in [1.165, 1.54) is 89.9 Å².